The second kappa shape index (κ2) is 9.54. The van der Waals surface area contributed by atoms with E-state index in [1.54, 1.807) is 15.9 Å². The van der Waals surface area contributed by atoms with Crippen LogP contribution in [0.15, 0.2) is 40.3 Å². The molecule has 0 bridgehead atoms. The first kappa shape index (κ1) is 22.0. The Hall–Kier alpha value is -2.16. The van der Waals surface area contributed by atoms with Crippen molar-refractivity contribution in [3.05, 3.63) is 56.7 Å². The van der Waals surface area contributed by atoms with Crippen LogP contribution in [0, 0.1) is 0 Å². The van der Waals surface area contributed by atoms with Crippen molar-refractivity contribution >= 4 is 39.2 Å². The second-order valence-electron chi connectivity index (χ2n) is 8.06. The van der Waals surface area contributed by atoms with Gasteiger partial charge in [-0.25, -0.2) is 4.98 Å². The summed E-state index contributed by atoms with van der Waals surface area (Å²) in [5, 5.41) is 4.46. The Balaban J connectivity index is 1.48. The van der Waals surface area contributed by atoms with Crippen LogP contribution in [0.25, 0.3) is 10.2 Å². The molecule has 6 nitrogen and oxygen atoms in total. The van der Waals surface area contributed by atoms with Crippen molar-refractivity contribution in [2.24, 2.45) is 0 Å². The summed E-state index contributed by atoms with van der Waals surface area (Å²) in [5.74, 6) is 0.197. The largest absolute Gasteiger partial charge is 0.353 e. The fraction of sp³-hybridized carbons (Fsp3) is 0.435. The highest BCUT2D eigenvalue weighted by Gasteiger charge is 2.24. The lowest BCUT2D eigenvalue weighted by Crippen LogP contribution is -2.35. The van der Waals surface area contributed by atoms with E-state index in [9.17, 15) is 9.59 Å². The summed E-state index contributed by atoms with van der Waals surface area (Å²) < 4.78 is 1.71. The second-order valence-corrected chi connectivity index (χ2v) is 10.1. The number of carbonyl (C=O) groups excluding carboxylic acids is 1. The first-order valence-corrected chi connectivity index (χ1v) is 12.5. The van der Waals surface area contributed by atoms with Crippen molar-refractivity contribution in [1.82, 2.24) is 19.8 Å². The van der Waals surface area contributed by atoms with Gasteiger partial charge >= 0.3 is 0 Å². The number of carbonyl (C=O) groups is 1. The molecule has 4 rings (SSSR count). The maximum absolute atomic E-state index is 13.2. The Bertz CT molecular complexity index is 1140. The van der Waals surface area contributed by atoms with Gasteiger partial charge < -0.3 is 10.2 Å². The Morgan fingerprint density at radius 2 is 2.10 bits per heavy atom. The normalized spacial score (nSPS) is 15.1. The number of hydrogen-bond donors (Lipinski definition) is 1. The number of thiophene rings is 1. The topological polar surface area (TPSA) is 67.2 Å². The fourth-order valence-electron chi connectivity index (χ4n) is 4.04. The molecule has 2 aromatic heterocycles. The van der Waals surface area contributed by atoms with E-state index in [4.69, 9.17) is 4.98 Å². The van der Waals surface area contributed by atoms with Gasteiger partial charge in [0.1, 0.15) is 4.83 Å². The van der Waals surface area contributed by atoms with Gasteiger partial charge in [0, 0.05) is 30.6 Å². The van der Waals surface area contributed by atoms with Crippen LogP contribution in [0.4, 0.5) is 0 Å². The highest BCUT2D eigenvalue weighted by Crippen LogP contribution is 2.33. The quantitative estimate of drug-likeness (QED) is 0.436. The SMILES string of the molecule is CCn1c(SCC(=O)N[C@@H](C)Cc2ccccc2)nc2sc3c(c2c1=O)CCN(C)C3. The Kier molecular flexibility index (Phi) is 6.79. The number of amides is 1. The monoisotopic (exact) mass is 456 g/mol. The van der Waals surface area contributed by atoms with Crippen LogP contribution in [-0.4, -0.2) is 45.7 Å². The van der Waals surface area contributed by atoms with Crippen molar-refractivity contribution < 1.29 is 4.79 Å². The predicted octanol–water partition coefficient (Wildman–Crippen LogP) is 3.31. The molecule has 3 aromatic rings. The summed E-state index contributed by atoms with van der Waals surface area (Å²) in [6.07, 6.45) is 1.68. The van der Waals surface area contributed by atoms with Crippen LogP contribution in [0.5, 0.6) is 0 Å². The predicted molar refractivity (Wildman–Crippen MR) is 128 cm³/mol. The minimum Gasteiger partial charge on any atom is -0.353 e. The molecule has 164 valence electrons. The van der Waals surface area contributed by atoms with Crippen molar-refractivity contribution in [2.75, 3.05) is 19.3 Å². The number of thioether (sulfide) groups is 1. The number of rotatable bonds is 7. The summed E-state index contributed by atoms with van der Waals surface area (Å²) in [6, 6.07) is 10.2. The molecule has 0 aliphatic carbocycles. The maximum Gasteiger partial charge on any atom is 0.263 e. The van der Waals surface area contributed by atoms with E-state index >= 15 is 0 Å². The number of nitrogens with one attached hydrogen (secondary N) is 1. The molecular weight excluding hydrogens is 428 g/mol. The molecule has 0 fully saturated rings. The van der Waals surface area contributed by atoms with Gasteiger partial charge in [-0.2, -0.15) is 0 Å². The van der Waals surface area contributed by atoms with E-state index in [0.717, 1.165) is 36.1 Å². The molecule has 0 radical (unpaired) electrons. The molecule has 1 aliphatic heterocycles. The van der Waals surface area contributed by atoms with Crippen LogP contribution in [0.1, 0.15) is 29.9 Å². The standard InChI is InChI=1S/C23H28N4O2S2/c1-4-27-22(29)20-17-10-11-26(3)13-18(17)31-21(20)25-23(27)30-14-19(28)24-15(2)12-16-8-6-5-7-9-16/h5-9,15H,4,10-14H2,1-3H3,(H,24,28)/t15-/m0/s1. The van der Waals surface area contributed by atoms with E-state index in [2.05, 4.69) is 29.4 Å². The lowest BCUT2D eigenvalue weighted by molar-refractivity contribution is -0.119. The number of likely N-dealkylation sites (N-methyl/N-ethyl adjacent to an activating group) is 1. The Morgan fingerprint density at radius 3 is 2.84 bits per heavy atom. The molecule has 0 saturated carbocycles. The van der Waals surface area contributed by atoms with Crippen LogP contribution >= 0.6 is 23.1 Å². The minimum absolute atomic E-state index is 0.0231. The lowest BCUT2D eigenvalue weighted by Gasteiger charge is -2.21. The number of benzene rings is 1. The van der Waals surface area contributed by atoms with Gasteiger partial charge in [0.25, 0.3) is 5.56 Å². The van der Waals surface area contributed by atoms with Gasteiger partial charge in [0.05, 0.1) is 11.1 Å². The van der Waals surface area contributed by atoms with Crippen LogP contribution < -0.4 is 10.9 Å². The summed E-state index contributed by atoms with van der Waals surface area (Å²) in [6.45, 7) is 6.33. The molecule has 8 heteroatoms. The summed E-state index contributed by atoms with van der Waals surface area (Å²) in [4.78, 5) is 34.8. The lowest BCUT2D eigenvalue weighted by atomic mass is 10.1. The zero-order valence-electron chi connectivity index (χ0n) is 18.2. The third kappa shape index (κ3) is 4.86. The molecule has 0 unspecified atom stereocenters. The number of hydrogen-bond acceptors (Lipinski definition) is 6. The Labute approximate surface area is 190 Å². The third-order valence-corrected chi connectivity index (χ3v) is 7.64. The summed E-state index contributed by atoms with van der Waals surface area (Å²) in [7, 11) is 2.10. The van der Waals surface area contributed by atoms with Gasteiger partial charge in [-0.05, 0) is 44.9 Å². The average Bonchev–Trinajstić information content (AvgIpc) is 3.10. The molecule has 1 N–H and O–H groups in total. The van der Waals surface area contributed by atoms with Crippen molar-refractivity contribution in [3.63, 3.8) is 0 Å². The first-order valence-electron chi connectivity index (χ1n) is 10.7. The van der Waals surface area contributed by atoms with Gasteiger partial charge in [-0.15, -0.1) is 11.3 Å². The molecular formula is C23H28N4O2S2. The van der Waals surface area contributed by atoms with Gasteiger partial charge in [-0.1, -0.05) is 42.1 Å². The zero-order chi connectivity index (χ0) is 22.0. The Morgan fingerprint density at radius 1 is 1.32 bits per heavy atom. The van der Waals surface area contributed by atoms with Crippen molar-refractivity contribution in [3.8, 4) is 0 Å². The van der Waals surface area contributed by atoms with E-state index in [1.165, 1.54) is 27.8 Å². The van der Waals surface area contributed by atoms with Crippen molar-refractivity contribution in [1.29, 1.82) is 0 Å². The van der Waals surface area contributed by atoms with Crippen LogP contribution in [0.2, 0.25) is 0 Å². The maximum atomic E-state index is 13.2. The van der Waals surface area contributed by atoms with E-state index in [0.29, 0.717) is 11.7 Å². The third-order valence-electron chi connectivity index (χ3n) is 5.56. The fourth-order valence-corrected chi connectivity index (χ4v) is 6.25. The first-order chi connectivity index (χ1) is 15.0. The minimum atomic E-state index is -0.0440. The van der Waals surface area contributed by atoms with Gasteiger partial charge in [0.2, 0.25) is 5.91 Å². The van der Waals surface area contributed by atoms with Crippen LogP contribution in [-0.2, 0) is 30.7 Å². The van der Waals surface area contributed by atoms with E-state index in [-0.39, 0.29) is 23.3 Å². The molecule has 1 aromatic carbocycles. The molecule has 1 aliphatic rings. The van der Waals surface area contributed by atoms with Gasteiger partial charge in [0.15, 0.2) is 5.16 Å². The van der Waals surface area contributed by atoms with E-state index < -0.39 is 0 Å². The number of nitrogens with zero attached hydrogens (tertiary/aromatic N) is 3. The van der Waals surface area contributed by atoms with E-state index in [1.807, 2.05) is 32.0 Å². The highest BCUT2D eigenvalue weighted by molar-refractivity contribution is 7.99. The number of aromatic nitrogens is 2. The molecule has 1 amide bonds. The molecule has 31 heavy (non-hydrogen) atoms. The summed E-state index contributed by atoms with van der Waals surface area (Å²) >= 11 is 2.96. The number of fused-ring (bicyclic) bond motifs is 3. The smallest absolute Gasteiger partial charge is 0.263 e. The molecule has 0 spiro atoms. The molecule has 3 heterocycles. The molecule has 0 saturated heterocycles. The molecule has 1 atom stereocenters. The van der Waals surface area contributed by atoms with Crippen LogP contribution in [0.3, 0.4) is 0 Å². The average molecular weight is 457 g/mol. The highest BCUT2D eigenvalue weighted by atomic mass is 32.2. The van der Waals surface area contributed by atoms with Gasteiger partial charge in [-0.3, -0.25) is 14.2 Å². The summed E-state index contributed by atoms with van der Waals surface area (Å²) in [5.41, 5.74) is 2.39. The van der Waals surface area contributed by atoms with Crippen molar-refractivity contribution in [2.45, 2.75) is 51.0 Å². The zero-order valence-corrected chi connectivity index (χ0v) is 19.8.